The summed E-state index contributed by atoms with van der Waals surface area (Å²) in [5.74, 6) is 0.387. The van der Waals surface area contributed by atoms with Crippen LogP contribution < -0.4 is 19.1 Å². The van der Waals surface area contributed by atoms with Gasteiger partial charge in [0.2, 0.25) is 5.91 Å². The van der Waals surface area contributed by atoms with Crippen LogP contribution in [0.5, 0.6) is 11.5 Å². The van der Waals surface area contributed by atoms with Gasteiger partial charge in [0.05, 0.1) is 24.8 Å². The first-order valence-corrected chi connectivity index (χ1v) is 12.4. The summed E-state index contributed by atoms with van der Waals surface area (Å²) < 4.78 is 38.8. The minimum absolute atomic E-state index is 0.0813. The maximum atomic E-state index is 13.5. The van der Waals surface area contributed by atoms with E-state index in [-0.39, 0.29) is 22.4 Å². The molecule has 0 aliphatic heterocycles. The van der Waals surface area contributed by atoms with Crippen LogP contribution >= 0.6 is 0 Å². The van der Waals surface area contributed by atoms with Crippen molar-refractivity contribution in [1.29, 1.82) is 0 Å². The quantitative estimate of drug-likeness (QED) is 0.446. The number of methoxy groups -OCH3 is 2. The molecule has 7 nitrogen and oxygen atoms in total. The first-order valence-electron chi connectivity index (χ1n) is 11.0. The number of nitrogens with zero attached hydrogens (tertiary/aromatic N) is 1. The smallest absolute Gasteiger partial charge is 0.264 e. The summed E-state index contributed by atoms with van der Waals surface area (Å²) in [6.45, 7) is 1.51. The number of sulfonamides is 1. The van der Waals surface area contributed by atoms with Crippen LogP contribution in [0.1, 0.15) is 18.9 Å². The number of anilines is 1. The molecule has 8 heteroatoms. The molecule has 1 amide bonds. The van der Waals surface area contributed by atoms with Crippen LogP contribution in [-0.2, 0) is 21.2 Å². The van der Waals surface area contributed by atoms with E-state index in [2.05, 4.69) is 5.32 Å². The molecular formula is C26H30N2O5S. The maximum Gasteiger partial charge on any atom is 0.264 e. The Morgan fingerprint density at radius 2 is 1.59 bits per heavy atom. The zero-order valence-electron chi connectivity index (χ0n) is 19.6. The predicted octanol–water partition coefficient (Wildman–Crippen LogP) is 4.04. The van der Waals surface area contributed by atoms with Crippen molar-refractivity contribution >= 4 is 21.6 Å². The molecule has 3 aromatic rings. The number of rotatable bonds is 11. The topological polar surface area (TPSA) is 84.9 Å². The molecule has 0 unspecified atom stereocenters. The molecule has 3 rings (SSSR count). The number of amides is 1. The average Bonchev–Trinajstić information content (AvgIpc) is 2.86. The Bertz CT molecular complexity index is 1180. The fourth-order valence-corrected chi connectivity index (χ4v) is 5.01. The van der Waals surface area contributed by atoms with Gasteiger partial charge in [-0.3, -0.25) is 9.10 Å². The molecule has 0 spiro atoms. The van der Waals surface area contributed by atoms with E-state index in [1.165, 1.54) is 31.9 Å². The molecule has 0 bridgehead atoms. The number of nitrogens with one attached hydrogen (secondary N) is 1. The van der Waals surface area contributed by atoms with E-state index in [9.17, 15) is 13.2 Å². The Morgan fingerprint density at radius 1 is 0.941 bits per heavy atom. The lowest BCUT2D eigenvalue weighted by atomic mass is 10.1. The summed E-state index contributed by atoms with van der Waals surface area (Å²) >= 11 is 0. The molecular weight excluding hydrogens is 452 g/mol. The lowest BCUT2D eigenvalue weighted by Gasteiger charge is -2.26. The highest BCUT2D eigenvalue weighted by Gasteiger charge is 2.30. The number of carbonyl (C=O) groups is 1. The first-order chi connectivity index (χ1) is 16.3. The molecule has 0 saturated carbocycles. The highest BCUT2D eigenvalue weighted by atomic mass is 32.2. The summed E-state index contributed by atoms with van der Waals surface area (Å²) in [5.41, 5.74) is 1.43. The number of hydrogen-bond donors (Lipinski definition) is 1. The Kier molecular flexibility index (Phi) is 8.54. The van der Waals surface area contributed by atoms with Gasteiger partial charge in [-0.2, -0.15) is 0 Å². The van der Waals surface area contributed by atoms with Gasteiger partial charge < -0.3 is 14.8 Å². The van der Waals surface area contributed by atoms with Gasteiger partial charge >= 0.3 is 0 Å². The van der Waals surface area contributed by atoms with E-state index in [1.807, 2.05) is 37.3 Å². The molecule has 0 aliphatic carbocycles. The van der Waals surface area contributed by atoms with Gasteiger partial charge in [0, 0.05) is 12.1 Å². The van der Waals surface area contributed by atoms with Crippen LogP contribution in [0.2, 0.25) is 0 Å². The molecule has 0 aliphatic rings. The molecule has 0 aromatic heterocycles. The lowest BCUT2D eigenvalue weighted by molar-refractivity contribution is -0.120. The van der Waals surface area contributed by atoms with Crippen LogP contribution in [-0.4, -0.2) is 41.1 Å². The third-order valence-corrected chi connectivity index (χ3v) is 7.16. The van der Waals surface area contributed by atoms with E-state index in [0.717, 1.165) is 17.1 Å². The van der Waals surface area contributed by atoms with Crippen LogP contribution in [0.25, 0.3) is 0 Å². The van der Waals surface area contributed by atoms with Gasteiger partial charge in [-0.05, 0) is 49.6 Å². The maximum absolute atomic E-state index is 13.5. The lowest BCUT2D eigenvalue weighted by Crippen LogP contribution is -2.43. The van der Waals surface area contributed by atoms with Gasteiger partial charge in [0.25, 0.3) is 10.0 Å². The van der Waals surface area contributed by atoms with Crippen molar-refractivity contribution in [2.24, 2.45) is 0 Å². The summed E-state index contributed by atoms with van der Waals surface area (Å²) in [4.78, 5) is 13.0. The molecule has 0 fully saturated rings. The van der Waals surface area contributed by atoms with Crippen molar-refractivity contribution in [3.05, 3.63) is 84.4 Å². The largest absolute Gasteiger partial charge is 0.497 e. The van der Waals surface area contributed by atoms with Crippen molar-refractivity contribution in [3.8, 4) is 11.5 Å². The molecule has 1 N–H and O–H groups in total. The number of hydrogen-bond acceptors (Lipinski definition) is 5. The van der Waals surface area contributed by atoms with Crippen molar-refractivity contribution in [2.75, 3.05) is 25.1 Å². The van der Waals surface area contributed by atoms with Crippen molar-refractivity contribution in [2.45, 2.75) is 30.7 Å². The number of benzene rings is 3. The minimum Gasteiger partial charge on any atom is -0.497 e. The SMILES string of the molecule is COc1ccc(N(CC(=O)N[C@@H](C)CCc2ccccc2)S(=O)(=O)c2ccccc2)c(OC)c1. The standard InChI is InChI=1S/C26H30N2O5S/c1-20(14-15-21-10-6-4-7-11-21)27-26(29)19-28(34(30,31)23-12-8-5-9-13-23)24-17-16-22(32-2)18-25(24)33-3/h4-13,16-18,20H,14-15,19H2,1-3H3,(H,27,29)/t20-/m0/s1. The number of aryl methyl sites for hydroxylation is 1. The highest BCUT2D eigenvalue weighted by Crippen LogP contribution is 2.35. The van der Waals surface area contributed by atoms with E-state index in [1.54, 1.807) is 36.4 Å². The predicted molar refractivity (Wildman–Crippen MR) is 133 cm³/mol. The fraction of sp³-hybridized carbons (Fsp3) is 0.269. The van der Waals surface area contributed by atoms with Crippen LogP contribution in [0.3, 0.4) is 0 Å². The highest BCUT2D eigenvalue weighted by molar-refractivity contribution is 7.92. The van der Waals surface area contributed by atoms with Gasteiger partial charge in [0.15, 0.2) is 0 Å². The third-order valence-electron chi connectivity index (χ3n) is 5.39. The summed E-state index contributed by atoms with van der Waals surface area (Å²) in [7, 11) is -1.09. The number of carbonyl (C=O) groups excluding carboxylic acids is 1. The van der Waals surface area contributed by atoms with Crippen LogP contribution in [0, 0.1) is 0 Å². The van der Waals surface area contributed by atoms with Gasteiger partial charge in [-0.1, -0.05) is 48.5 Å². The second-order valence-corrected chi connectivity index (χ2v) is 9.72. The Morgan fingerprint density at radius 3 is 2.21 bits per heavy atom. The zero-order valence-corrected chi connectivity index (χ0v) is 20.4. The molecule has 180 valence electrons. The molecule has 0 radical (unpaired) electrons. The second-order valence-electron chi connectivity index (χ2n) is 7.86. The fourth-order valence-electron chi connectivity index (χ4n) is 3.56. The summed E-state index contributed by atoms with van der Waals surface area (Å²) in [6, 6.07) is 22.7. The van der Waals surface area contributed by atoms with E-state index in [4.69, 9.17) is 9.47 Å². The van der Waals surface area contributed by atoms with Crippen LogP contribution in [0.4, 0.5) is 5.69 Å². The Balaban J connectivity index is 1.84. The zero-order chi connectivity index (χ0) is 24.6. The monoisotopic (exact) mass is 482 g/mol. The Labute approximate surface area is 201 Å². The van der Waals surface area contributed by atoms with Gasteiger partial charge in [0.1, 0.15) is 18.0 Å². The Hall–Kier alpha value is -3.52. The van der Waals surface area contributed by atoms with E-state index < -0.39 is 22.5 Å². The van der Waals surface area contributed by atoms with Crippen molar-refractivity contribution < 1.29 is 22.7 Å². The molecule has 0 heterocycles. The molecule has 3 aromatic carbocycles. The van der Waals surface area contributed by atoms with E-state index >= 15 is 0 Å². The first kappa shape index (κ1) is 25.1. The molecule has 1 atom stereocenters. The average molecular weight is 483 g/mol. The molecule has 0 saturated heterocycles. The third kappa shape index (κ3) is 6.29. The second kappa shape index (κ2) is 11.6. The van der Waals surface area contributed by atoms with Crippen molar-refractivity contribution in [1.82, 2.24) is 5.32 Å². The molecule has 34 heavy (non-hydrogen) atoms. The minimum atomic E-state index is -4.04. The normalized spacial score (nSPS) is 12.0. The van der Waals surface area contributed by atoms with Crippen molar-refractivity contribution in [3.63, 3.8) is 0 Å². The summed E-state index contributed by atoms with van der Waals surface area (Å²) in [6.07, 6.45) is 1.54. The van der Waals surface area contributed by atoms with Gasteiger partial charge in [-0.25, -0.2) is 8.42 Å². The van der Waals surface area contributed by atoms with Crippen LogP contribution in [0.15, 0.2) is 83.8 Å². The van der Waals surface area contributed by atoms with Gasteiger partial charge in [-0.15, -0.1) is 0 Å². The number of ether oxygens (including phenoxy) is 2. The summed E-state index contributed by atoms with van der Waals surface area (Å²) in [5, 5.41) is 2.92. The van der Waals surface area contributed by atoms with E-state index in [0.29, 0.717) is 5.75 Å².